The van der Waals surface area contributed by atoms with Gasteiger partial charge in [-0.2, -0.15) is 10.5 Å². The van der Waals surface area contributed by atoms with E-state index in [0.717, 1.165) is 0 Å². The van der Waals surface area contributed by atoms with Gasteiger partial charge in [0.15, 0.2) is 18.1 Å². The van der Waals surface area contributed by atoms with E-state index in [1.165, 1.54) is 18.2 Å². The molecule has 0 atom stereocenters. The normalized spacial score (nSPS) is 9.46. The van der Waals surface area contributed by atoms with Crippen molar-refractivity contribution < 1.29 is 19.0 Å². The smallest absolute Gasteiger partial charge is 0.349 e. The molecule has 2 aromatic carbocycles. The van der Waals surface area contributed by atoms with Crippen molar-refractivity contribution in [3.8, 4) is 29.4 Å². The van der Waals surface area contributed by atoms with E-state index in [1.54, 1.807) is 31.2 Å². The van der Waals surface area contributed by atoms with Crippen LogP contribution < -0.4 is 14.2 Å². The number of rotatable bonds is 6. The van der Waals surface area contributed by atoms with Gasteiger partial charge in [-0.1, -0.05) is 12.1 Å². The van der Waals surface area contributed by atoms with Crippen molar-refractivity contribution in [2.24, 2.45) is 0 Å². The van der Waals surface area contributed by atoms with Crippen molar-refractivity contribution in [2.75, 3.05) is 13.2 Å². The molecule has 0 heterocycles. The average Bonchev–Trinajstić information content (AvgIpc) is 2.61. The molecule has 0 saturated carbocycles. The Kier molecular flexibility index (Phi) is 5.76. The highest BCUT2D eigenvalue weighted by molar-refractivity contribution is 5.75. The van der Waals surface area contributed by atoms with E-state index in [-0.39, 0.29) is 12.4 Å². The van der Waals surface area contributed by atoms with Crippen LogP contribution in [0.3, 0.4) is 0 Å². The third kappa shape index (κ3) is 4.25. The quantitative estimate of drug-likeness (QED) is 0.600. The van der Waals surface area contributed by atoms with Crippen LogP contribution in [0.5, 0.6) is 17.2 Å². The molecule has 0 aromatic heterocycles. The molecule has 0 unspecified atom stereocenters. The van der Waals surface area contributed by atoms with Gasteiger partial charge in [0.25, 0.3) is 0 Å². The largest absolute Gasteiger partial charge is 0.490 e. The zero-order valence-electron chi connectivity index (χ0n) is 13.0. The second kappa shape index (κ2) is 8.21. The average molecular weight is 322 g/mol. The summed E-state index contributed by atoms with van der Waals surface area (Å²) in [5, 5.41) is 17.9. The number of ether oxygens (including phenoxy) is 3. The van der Waals surface area contributed by atoms with Gasteiger partial charge in [0, 0.05) is 6.07 Å². The van der Waals surface area contributed by atoms with Crippen molar-refractivity contribution in [3.63, 3.8) is 0 Å². The van der Waals surface area contributed by atoms with Crippen molar-refractivity contribution >= 4 is 5.97 Å². The maximum absolute atomic E-state index is 11.9. The first-order valence-corrected chi connectivity index (χ1v) is 7.17. The summed E-state index contributed by atoms with van der Waals surface area (Å²) in [5.74, 6) is 0.176. The highest BCUT2D eigenvalue weighted by atomic mass is 16.6. The predicted octanol–water partition coefficient (Wildman–Crippen LogP) is 2.81. The Morgan fingerprint density at radius 2 is 1.79 bits per heavy atom. The number of esters is 1. The molecular formula is C18H14N2O4. The Balaban J connectivity index is 2.05. The fraction of sp³-hybridized carbons (Fsp3) is 0.167. The Bertz CT molecular complexity index is 818. The molecule has 0 aliphatic carbocycles. The number of carbonyl (C=O) groups excluding carboxylic acids is 1. The first-order valence-electron chi connectivity index (χ1n) is 7.17. The molecule has 0 N–H and O–H groups in total. The minimum Gasteiger partial charge on any atom is -0.490 e. The van der Waals surface area contributed by atoms with Crippen molar-refractivity contribution in [1.82, 2.24) is 0 Å². The maximum atomic E-state index is 11.9. The van der Waals surface area contributed by atoms with Crippen LogP contribution in [0.1, 0.15) is 18.1 Å². The number of nitriles is 2. The Labute approximate surface area is 139 Å². The summed E-state index contributed by atoms with van der Waals surface area (Å²) < 4.78 is 15.9. The molecular weight excluding hydrogens is 308 g/mol. The van der Waals surface area contributed by atoms with Gasteiger partial charge >= 0.3 is 5.97 Å². The lowest BCUT2D eigenvalue weighted by Gasteiger charge is -2.11. The first kappa shape index (κ1) is 16.9. The van der Waals surface area contributed by atoms with Crippen LogP contribution in [0.25, 0.3) is 0 Å². The lowest BCUT2D eigenvalue weighted by atomic mass is 10.2. The molecule has 6 nitrogen and oxygen atoms in total. The fourth-order valence-corrected chi connectivity index (χ4v) is 1.90. The second-order valence-electron chi connectivity index (χ2n) is 4.58. The molecule has 0 amide bonds. The van der Waals surface area contributed by atoms with Crippen LogP contribution in [-0.4, -0.2) is 19.2 Å². The topological polar surface area (TPSA) is 92.3 Å². The predicted molar refractivity (Wildman–Crippen MR) is 84.6 cm³/mol. The van der Waals surface area contributed by atoms with Gasteiger partial charge in [0.05, 0.1) is 23.8 Å². The van der Waals surface area contributed by atoms with E-state index in [2.05, 4.69) is 0 Å². The van der Waals surface area contributed by atoms with Gasteiger partial charge in [-0.3, -0.25) is 0 Å². The van der Waals surface area contributed by atoms with Crippen molar-refractivity contribution in [1.29, 1.82) is 10.5 Å². The Morgan fingerprint density at radius 1 is 1.00 bits per heavy atom. The molecule has 0 aliphatic heterocycles. The van der Waals surface area contributed by atoms with Gasteiger partial charge in [-0.15, -0.1) is 0 Å². The minimum absolute atomic E-state index is 0.206. The van der Waals surface area contributed by atoms with E-state index in [4.69, 9.17) is 24.7 Å². The highest BCUT2D eigenvalue weighted by Gasteiger charge is 2.13. The molecule has 6 heteroatoms. The molecule has 0 aliphatic rings. The van der Waals surface area contributed by atoms with Crippen LogP contribution in [0.2, 0.25) is 0 Å². The standard InChI is InChI=1S/C18H14N2O4/c1-2-22-17-9-13(10-19)7-8-16(17)24-18(21)12-23-15-6-4-3-5-14(15)11-20/h3-9H,2,12H2,1H3. The molecule has 0 fully saturated rings. The number of nitrogens with zero attached hydrogens (tertiary/aromatic N) is 2. The number of hydrogen-bond donors (Lipinski definition) is 0. The van der Waals surface area contributed by atoms with Crippen LogP contribution in [0, 0.1) is 22.7 Å². The Morgan fingerprint density at radius 3 is 2.50 bits per heavy atom. The number of benzene rings is 2. The minimum atomic E-state index is -0.645. The summed E-state index contributed by atoms with van der Waals surface area (Å²) in [6.07, 6.45) is 0. The molecule has 120 valence electrons. The summed E-state index contributed by atoms with van der Waals surface area (Å²) >= 11 is 0. The molecule has 0 bridgehead atoms. The van der Waals surface area contributed by atoms with Crippen molar-refractivity contribution in [3.05, 3.63) is 53.6 Å². The molecule has 0 saturated heterocycles. The molecule has 0 spiro atoms. The van der Waals surface area contributed by atoms with E-state index >= 15 is 0 Å². The molecule has 2 rings (SSSR count). The lowest BCUT2D eigenvalue weighted by Crippen LogP contribution is -2.18. The van der Waals surface area contributed by atoms with E-state index < -0.39 is 5.97 Å². The fourth-order valence-electron chi connectivity index (χ4n) is 1.90. The third-order valence-corrected chi connectivity index (χ3v) is 2.95. The van der Waals surface area contributed by atoms with Crippen LogP contribution in [0.15, 0.2) is 42.5 Å². The summed E-state index contributed by atoms with van der Waals surface area (Å²) in [4.78, 5) is 11.9. The van der Waals surface area contributed by atoms with Gasteiger partial charge in [0.1, 0.15) is 11.8 Å². The third-order valence-electron chi connectivity index (χ3n) is 2.95. The van der Waals surface area contributed by atoms with Gasteiger partial charge in [0.2, 0.25) is 0 Å². The SMILES string of the molecule is CCOc1cc(C#N)ccc1OC(=O)COc1ccccc1C#N. The van der Waals surface area contributed by atoms with Crippen LogP contribution >= 0.6 is 0 Å². The molecule has 24 heavy (non-hydrogen) atoms. The zero-order valence-corrected chi connectivity index (χ0v) is 13.0. The van der Waals surface area contributed by atoms with Gasteiger partial charge in [-0.25, -0.2) is 4.79 Å². The van der Waals surface area contributed by atoms with E-state index in [0.29, 0.717) is 29.2 Å². The number of carbonyl (C=O) groups is 1. The van der Waals surface area contributed by atoms with E-state index in [9.17, 15) is 4.79 Å². The number of hydrogen-bond acceptors (Lipinski definition) is 6. The lowest BCUT2D eigenvalue weighted by molar-refractivity contribution is -0.136. The van der Waals surface area contributed by atoms with Crippen LogP contribution in [-0.2, 0) is 4.79 Å². The maximum Gasteiger partial charge on any atom is 0.349 e. The summed E-state index contributed by atoms with van der Waals surface area (Å²) in [7, 11) is 0. The number of para-hydroxylation sites is 1. The summed E-state index contributed by atoms with van der Waals surface area (Å²) in [6, 6.07) is 15.1. The van der Waals surface area contributed by atoms with Gasteiger partial charge < -0.3 is 14.2 Å². The Hall–Kier alpha value is -3.51. The van der Waals surface area contributed by atoms with E-state index in [1.807, 2.05) is 12.1 Å². The highest BCUT2D eigenvalue weighted by Crippen LogP contribution is 2.28. The molecule has 2 aromatic rings. The van der Waals surface area contributed by atoms with Crippen LogP contribution in [0.4, 0.5) is 0 Å². The van der Waals surface area contributed by atoms with Gasteiger partial charge in [-0.05, 0) is 31.2 Å². The second-order valence-corrected chi connectivity index (χ2v) is 4.58. The monoisotopic (exact) mass is 322 g/mol. The zero-order chi connectivity index (χ0) is 17.4. The first-order chi connectivity index (χ1) is 11.7. The summed E-state index contributed by atoms with van der Waals surface area (Å²) in [5.41, 5.74) is 0.733. The summed E-state index contributed by atoms with van der Waals surface area (Å²) in [6.45, 7) is 1.79. The molecule has 0 radical (unpaired) electrons. The van der Waals surface area contributed by atoms with Crippen molar-refractivity contribution in [2.45, 2.75) is 6.92 Å².